The molecule has 0 radical (unpaired) electrons. The van der Waals surface area contributed by atoms with E-state index < -0.39 is 11.9 Å². The zero-order valence-corrected chi connectivity index (χ0v) is 18.5. The summed E-state index contributed by atoms with van der Waals surface area (Å²) in [5.74, 6) is 0.292. The zero-order chi connectivity index (χ0) is 23.4. The van der Waals surface area contributed by atoms with Gasteiger partial charge in [-0.05, 0) is 38.3 Å². The maximum atomic E-state index is 14.6. The van der Waals surface area contributed by atoms with Crippen LogP contribution in [0.5, 0.6) is 0 Å². The lowest BCUT2D eigenvalue weighted by molar-refractivity contribution is 0.288. The molecule has 5 aromatic rings. The standard InChI is InChI=1S/C25H22FN7O/c1-14(23-30-18-12-6-11-17(26)19(18)25(34)32(23)16-9-5-10-16)33-24-20(22(27)28-13-29-24)21(31-33)15-7-3-2-4-8-15/h2-4,6-8,11-14,16H,5,9-10H2,1H3,(H2,27,28,29). The average Bonchev–Trinajstić information content (AvgIpc) is 3.20. The van der Waals surface area contributed by atoms with Gasteiger partial charge in [-0.1, -0.05) is 36.4 Å². The summed E-state index contributed by atoms with van der Waals surface area (Å²) in [6, 6.07) is 13.7. The molecule has 0 amide bonds. The Morgan fingerprint density at radius 2 is 1.85 bits per heavy atom. The number of fused-ring (bicyclic) bond motifs is 2. The van der Waals surface area contributed by atoms with Crippen LogP contribution in [-0.2, 0) is 0 Å². The van der Waals surface area contributed by atoms with Crippen LogP contribution in [0, 0.1) is 5.82 Å². The Kier molecular flexibility index (Phi) is 4.65. The van der Waals surface area contributed by atoms with Crippen LogP contribution in [0.2, 0.25) is 0 Å². The number of benzene rings is 2. The van der Waals surface area contributed by atoms with Crippen molar-refractivity contribution in [2.45, 2.75) is 38.3 Å². The SMILES string of the molecule is CC(c1nc2cccc(F)c2c(=O)n1C1CCC1)n1nc(-c2ccccc2)c2c(N)ncnc21. The first-order valence-electron chi connectivity index (χ1n) is 11.3. The lowest BCUT2D eigenvalue weighted by Gasteiger charge is -2.31. The molecule has 2 N–H and O–H groups in total. The van der Waals surface area contributed by atoms with Gasteiger partial charge in [0.05, 0.1) is 10.9 Å². The molecule has 1 saturated carbocycles. The summed E-state index contributed by atoms with van der Waals surface area (Å²) in [7, 11) is 0. The summed E-state index contributed by atoms with van der Waals surface area (Å²) >= 11 is 0. The molecule has 1 unspecified atom stereocenters. The molecule has 0 aliphatic heterocycles. The fraction of sp³-hybridized carbons (Fsp3) is 0.240. The van der Waals surface area contributed by atoms with E-state index in [-0.39, 0.29) is 17.0 Å². The van der Waals surface area contributed by atoms with E-state index in [1.807, 2.05) is 37.3 Å². The molecule has 1 fully saturated rings. The predicted octanol–water partition coefficient (Wildman–Crippen LogP) is 4.26. The minimum Gasteiger partial charge on any atom is -0.383 e. The highest BCUT2D eigenvalue weighted by molar-refractivity contribution is 5.98. The van der Waals surface area contributed by atoms with Crippen molar-refractivity contribution in [1.82, 2.24) is 29.3 Å². The quantitative estimate of drug-likeness (QED) is 0.434. The van der Waals surface area contributed by atoms with Gasteiger partial charge in [0, 0.05) is 11.6 Å². The Morgan fingerprint density at radius 1 is 1.06 bits per heavy atom. The van der Waals surface area contributed by atoms with E-state index in [4.69, 9.17) is 15.8 Å². The third-order valence-corrected chi connectivity index (χ3v) is 6.65. The summed E-state index contributed by atoms with van der Waals surface area (Å²) in [5.41, 5.74) is 8.31. The molecule has 170 valence electrons. The normalized spacial score (nSPS) is 15.0. The predicted molar refractivity (Wildman–Crippen MR) is 128 cm³/mol. The molecule has 3 aromatic heterocycles. The third-order valence-electron chi connectivity index (χ3n) is 6.65. The Bertz CT molecular complexity index is 1610. The highest BCUT2D eigenvalue weighted by atomic mass is 19.1. The fourth-order valence-electron chi connectivity index (χ4n) is 4.68. The molecule has 8 nitrogen and oxygen atoms in total. The molecule has 1 aliphatic carbocycles. The minimum absolute atomic E-state index is 0.0171. The van der Waals surface area contributed by atoms with Crippen molar-refractivity contribution < 1.29 is 4.39 Å². The molecular formula is C25H22FN7O. The first-order valence-corrected chi connectivity index (χ1v) is 11.3. The van der Waals surface area contributed by atoms with Crippen LogP contribution in [0.4, 0.5) is 10.2 Å². The van der Waals surface area contributed by atoms with Crippen molar-refractivity contribution >= 4 is 27.8 Å². The van der Waals surface area contributed by atoms with E-state index in [9.17, 15) is 9.18 Å². The van der Waals surface area contributed by atoms with Crippen LogP contribution in [0.15, 0.2) is 59.7 Å². The highest BCUT2D eigenvalue weighted by Crippen LogP contribution is 2.36. The second kappa shape index (κ2) is 7.72. The first-order chi connectivity index (χ1) is 16.5. The van der Waals surface area contributed by atoms with Gasteiger partial charge in [-0.15, -0.1) is 0 Å². The van der Waals surface area contributed by atoms with E-state index >= 15 is 0 Å². The fourth-order valence-corrected chi connectivity index (χ4v) is 4.68. The van der Waals surface area contributed by atoms with Gasteiger partial charge in [0.25, 0.3) is 5.56 Å². The number of anilines is 1. The van der Waals surface area contributed by atoms with Gasteiger partial charge in [-0.2, -0.15) is 5.10 Å². The summed E-state index contributed by atoms with van der Waals surface area (Å²) in [6.45, 7) is 1.92. The molecule has 1 aliphatic rings. The van der Waals surface area contributed by atoms with Crippen LogP contribution < -0.4 is 11.3 Å². The lowest BCUT2D eigenvalue weighted by atomic mass is 9.92. The number of nitrogens with zero attached hydrogens (tertiary/aromatic N) is 6. The van der Waals surface area contributed by atoms with Gasteiger partial charge in [-0.3, -0.25) is 9.36 Å². The summed E-state index contributed by atoms with van der Waals surface area (Å²) in [6.07, 6.45) is 4.13. The van der Waals surface area contributed by atoms with Crippen molar-refractivity contribution in [3.63, 3.8) is 0 Å². The first kappa shape index (κ1) is 20.5. The van der Waals surface area contributed by atoms with Crippen LogP contribution in [0.25, 0.3) is 33.2 Å². The molecular weight excluding hydrogens is 433 g/mol. The molecule has 0 saturated heterocycles. The van der Waals surface area contributed by atoms with E-state index in [0.717, 1.165) is 24.8 Å². The van der Waals surface area contributed by atoms with Crippen LogP contribution in [-0.4, -0.2) is 29.3 Å². The van der Waals surface area contributed by atoms with Gasteiger partial charge < -0.3 is 5.73 Å². The molecule has 0 bridgehead atoms. The van der Waals surface area contributed by atoms with Gasteiger partial charge in [0.15, 0.2) is 5.65 Å². The van der Waals surface area contributed by atoms with Gasteiger partial charge in [0.1, 0.15) is 40.9 Å². The Labute approximate surface area is 193 Å². The van der Waals surface area contributed by atoms with Gasteiger partial charge in [0.2, 0.25) is 0 Å². The van der Waals surface area contributed by atoms with Crippen molar-refractivity contribution in [3.05, 3.63) is 76.9 Å². The number of hydrogen-bond donors (Lipinski definition) is 1. The Balaban J connectivity index is 1.62. The maximum Gasteiger partial charge on any atom is 0.264 e. The third kappa shape index (κ3) is 3.00. The van der Waals surface area contributed by atoms with Gasteiger partial charge >= 0.3 is 0 Å². The Hall–Kier alpha value is -4.14. The smallest absolute Gasteiger partial charge is 0.264 e. The van der Waals surface area contributed by atoms with Gasteiger partial charge in [-0.25, -0.2) is 24.0 Å². The van der Waals surface area contributed by atoms with Crippen LogP contribution in [0.3, 0.4) is 0 Å². The molecule has 2 aromatic carbocycles. The van der Waals surface area contributed by atoms with Crippen LogP contribution in [0.1, 0.15) is 44.1 Å². The highest BCUT2D eigenvalue weighted by Gasteiger charge is 2.30. The van der Waals surface area contributed by atoms with Crippen molar-refractivity contribution in [2.24, 2.45) is 0 Å². The van der Waals surface area contributed by atoms with E-state index in [1.165, 1.54) is 12.4 Å². The molecule has 0 spiro atoms. The molecule has 34 heavy (non-hydrogen) atoms. The number of nitrogens with two attached hydrogens (primary N) is 1. The number of rotatable bonds is 4. The molecule has 1 atom stereocenters. The summed E-state index contributed by atoms with van der Waals surface area (Å²) in [5, 5.41) is 5.54. The molecule has 6 rings (SSSR count). The number of aromatic nitrogens is 6. The molecule has 3 heterocycles. The average molecular weight is 455 g/mol. The number of hydrogen-bond acceptors (Lipinski definition) is 6. The second-order valence-electron chi connectivity index (χ2n) is 8.66. The Morgan fingerprint density at radius 3 is 2.59 bits per heavy atom. The number of halogens is 1. The summed E-state index contributed by atoms with van der Waals surface area (Å²) < 4.78 is 18.0. The summed E-state index contributed by atoms with van der Waals surface area (Å²) in [4.78, 5) is 26.9. The van der Waals surface area contributed by atoms with Crippen LogP contribution >= 0.6 is 0 Å². The topological polar surface area (TPSA) is 105 Å². The van der Waals surface area contributed by atoms with Crippen molar-refractivity contribution in [2.75, 3.05) is 5.73 Å². The molecule has 9 heteroatoms. The maximum absolute atomic E-state index is 14.6. The largest absolute Gasteiger partial charge is 0.383 e. The lowest BCUT2D eigenvalue weighted by Crippen LogP contribution is -2.35. The second-order valence-corrected chi connectivity index (χ2v) is 8.66. The van der Waals surface area contributed by atoms with E-state index in [0.29, 0.717) is 33.9 Å². The van der Waals surface area contributed by atoms with Crippen molar-refractivity contribution in [1.29, 1.82) is 0 Å². The monoisotopic (exact) mass is 455 g/mol. The number of nitrogen functional groups attached to an aromatic ring is 1. The zero-order valence-electron chi connectivity index (χ0n) is 18.5. The van der Waals surface area contributed by atoms with E-state index in [1.54, 1.807) is 21.4 Å². The van der Waals surface area contributed by atoms with Crippen molar-refractivity contribution in [3.8, 4) is 11.3 Å². The van der Waals surface area contributed by atoms with E-state index in [2.05, 4.69) is 9.97 Å². The minimum atomic E-state index is -0.557.